The van der Waals surface area contributed by atoms with E-state index in [2.05, 4.69) is 15.7 Å². The second-order valence-electron chi connectivity index (χ2n) is 4.86. The Bertz CT molecular complexity index is 503. The van der Waals surface area contributed by atoms with Crippen LogP contribution in [-0.4, -0.2) is 31.5 Å². The third-order valence-electron chi connectivity index (χ3n) is 3.54. The summed E-state index contributed by atoms with van der Waals surface area (Å²) in [4.78, 5) is 4.63. The predicted octanol–water partition coefficient (Wildman–Crippen LogP) is 1.47. The van der Waals surface area contributed by atoms with Gasteiger partial charge in [0.05, 0.1) is 28.2 Å². The number of sulfone groups is 1. The van der Waals surface area contributed by atoms with Gasteiger partial charge in [0.25, 0.3) is 0 Å². The van der Waals surface area contributed by atoms with Gasteiger partial charge in [-0.1, -0.05) is 0 Å². The minimum absolute atomic E-state index is 0.139. The van der Waals surface area contributed by atoms with E-state index in [1.165, 1.54) is 6.42 Å². The van der Waals surface area contributed by atoms with E-state index in [0.29, 0.717) is 11.8 Å². The third-order valence-corrected chi connectivity index (χ3v) is 6.33. The van der Waals surface area contributed by atoms with Gasteiger partial charge < -0.3 is 5.32 Å². The van der Waals surface area contributed by atoms with Crippen LogP contribution in [0.25, 0.3) is 0 Å². The maximum atomic E-state index is 11.4. The van der Waals surface area contributed by atoms with Crippen molar-refractivity contribution in [2.45, 2.75) is 31.2 Å². The molecular formula is C11H16N2O2S2. The predicted molar refractivity (Wildman–Crippen MR) is 68.1 cm³/mol. The van der Waals surface area contributed by atoms with E-state index in [1.807, 2.05) is 0 Å². The lowest BCUT2D eigenvalue weighted by atomic mass is 10.1. The summed E-state index contributed by atoms with van der Waals surface area (Å²) < 4.78 is 22.9. The maximum Gasteiger partial charge on any atom is 0.151 e. The molecule has 0 radical (unpaired) electrons. The number of hydrogen-bond donors (Lipinski definition) is 1. The Morgan fingerprint density at radius 2 is 2.29 bits per heavy atom. The first-order valence-electron chi connectivity index (χ1n) is 6.03. The van der Waals surface area contributed by atoms with Crippen LogP contribution in [0.2, 0.25) is 0 Å². The summed E-state index contributed by atoms with van der Waals surface area (Å²) in [5, 5.41) is 6.51. The minimum Gasteiger partial charge on any atom is -0.309 e. The third kappa shape index (κ3) is 2.39. The van der Waals surface area contributed by atoms with Crippen molar-refractivity contribution in [1.82, 2.24) is 10.3 Å². The van der Waals surface area contributed by atoms with Crippen LogP contribution in [0.4, 0.5) is 0 Å². The molecule has 1 aromatic rings. The zero-order valence-electron chi connectivity index (χ0n) is 9.55. The largest absolute Gasteiger partial charge is 0.309 e. The lowest BCUT2D eigenvalue weighted by Gasteiger charge is -2.06. The number of thiazole rings is 1. The van der Waals surface area contributed by atoms with Gasteiger partial charge >= 0.3 is 0 Å². The average Bonchev–Trinajstić information content (AvgIpc) is 2.93. The van der Waals surface area contributed by atoms with Crippen LogP contribution < -0.4 is 5.32 Å². The van der Waals surface area contributed by atoms with Crippen LogP contribution in [0, 0.1) is 0 Å². The highest BCUT2D eigenvalue weighted by Crippen LogP contribution is 2.33. The molecule has 2 aliphatic rings. The monoisotopic (exact) mass is 272 g/mol. The fourth-order valence-electron chi connectivity index (χ4n) is 2.58. The van der Waals surface area contributed by atoms with Crippen molar-refractivity contribution >= 4 is 21.2 Å². The van der Waals surface area contributed by atoms with Gasteiger partial charge in [0.15, 0.2) is 9.84 Å². The van der Waals surface area contributed by atoms with E-state index in [1.54, 1.807) is 11.3 Å². The van der Waals surface area contributed by atoms with Gasteiger partial charge in [-0.05, 0) is 25.8 Å². The van der Waals surface area contributed by atoms with E-state index in [-0.39, 0.29) is 11.7 Å². The van der Waals surface area contributed by atoms with Crippen molar-refractivity contribution in [3.63, 3.8) is 0 Å². The Morgan fingerprint density at radius 1 is 1.41 bits per heavy atom. The highest BCUT2D eigenvalue weighted by Gasteiger charge is 2.31. The van der Waals surface area contributed by atoms with E-state index in [9.17, 15) is 8.42 Å². The van der Waals surface area contributed by atoms with Gasteiger partial charge in [0.1, 0.15) is 0 Å². The smallest absolute Gasteiger partial charge is 0.151 e. The molecule has 1 aromatic heterocycles. The Morgan fingerprint density at radius 3 is 2.94 bits per heavy atom. The van der Waals surface area contributed by atoms with Crippen molar-refractivity contribution in [3.8, 4) is 0 Å². The van der Waals surface area contributed by atoms with Crippen molar-refractivity contribution in [2.75, 3.05) is 18.1 Å². The summed E-state index contributed by atoms with van der Waals surface area (Å²) in [6.07, 6.45) is 3.09. The second-order valence-corrected chi connectivity index (χ2v) is 7.98. The van der Waals surface area contributed by atoms with Crippen molar-refractivity contribution in [1.29, 1.82) is 0 Å². The Balaban J connectivity index is 1.76. The van der Waals surface area contributed by atoms with Crippen molar-refractivity contribution < 1.29 is 8.42 Å². The molecule has 4 nitrogen and oxygen atoms in total. The van der Waals surface area contributed by atoms with Crippen LogP contribution in [0.1, 0.15) is 41.9 Å². The molecule has 2 unspecified atom stereocenters. The van der Waals surface area contributed by atoms with Crippen LogP contribution in [-0.2, 0) is 9.84 Å². The molecule has 2 aliphatic heterocycles. The molecule has 2 atom stereocenters. The molecular weight excluding hydrogens is 256 g/mol. The van der Waals surface area contributed by atoms with Gasteiger partial charge in [-0.25, -0.2) is 13.4 Å². The fourth-order valence-corrected chi connectivity index (χ4v) is 5.44. The number of aromatic nitrogens is 1. The normalized spacial score (nSPS) is 32.0. The molecule has 0 saturated carbocycles. The Kier molecular flexibility index (Phi) is 2.96. The molecule has 2 fully saturated rings. The minimum atomic E-state index is -2.80. The molecule has 94 valence electrons. The van der Waals surface area contributed by atoms with Crippen LogP contribution in [0.5, 0.6) is 0 Å². The Labute approximate surface area is 105 Å². The zero-order valence-corrected chi connectivity index (χ0v) is 11.2. The summed E-state index contributed by atoms with van der Waals surface area (Å²) in [6.45, 7) is 1.06. The van der Waals surface area contributed by atoms with Crippen molar-refractivity contribution in [3.05, 3.63) is 16.1 Å². The summed E-state index contributed by atoms with van der Waals surface area (Å²) >= 11 is 1.62. The summed E-state index contributed by atoms with van der Waals surface area (Å²) in [6, 6.07) is 0.387. The number of nitrogens with one attached hydrogen (secondary N) is 1. The SMILES string of the molecule is O=S1(=O)CCC(c2nc(C3CCCN3)cs2)C1. The van der Waals surface area contributed by atoms with Crippen LogP contribution in [0.3, 0.4) is 0 Å². The first kappa shape index (κ1) is 11.6. The molecule has 17 heavy (non-hydrogen) atoms. The van der Waals surface area contributed by atoms with Gasteiger partial charge in [0.2, 0.25) is 0 Å². The van der Waals surface area contributed by atoms with E-state index < -0.39 is 9.84 Å². The Hall–Kier alpha value is -0.460. The lowest BCUT2D eigenvalue weighted by molar-refractivity contribution is 0.601. The van der Waals surface area contributed by atoms with E-state index in [0.717, 1.165) is 30.1 Å². The first-order valence-corrected chi connectivity index (χ1v) is 8.73. The molecule has 0 bridgehead atoms. The first-order chi connectivity index (χ1) is 8.14. The summed E-state index contributed by atoms with van der Waals surface area (Å²) in [5.41, 5.74) is 1.10. The standard InChI is InChI=1S/C11H16N2O2S2/c14-17(15)5-3-8(7-17)11-13-10(6-16-11)9-2-1-4-12-9/h6,8-9,12H,1-5,7H2. The van der Waals surface area contributed by atoms with Crippen LogP contribution >= 0.6 is 11.3 Å². The number of nitrogens with zero attached hydrogens (tertiary/aromatic N) is 1. The summed E-state index contributed by atoms with van der Waals surface area (Å²) in [7, 11) is -2.80. The molecule has 0 amide bonds. The van der Waals surface area contributed by atoms with Gasteiger partial charge in [-0.2, -0.15) is 0 Å². The van der Waals surface area contributed by atoms with Crippen molar-refractivity contribution in [2.24, 2.45) is 0 Å². The summed E-state index contributed by atoms with van der Waals surface area (Å²) in [5.74, 6) is 0.756. The fraction of sp³-hybridized carbons (Fsp3) is 0.727. The van der Waals surface area contributed by atoms with Gasteiger partial charge in [-0.3, -0.25) is 0 Å². The molecule has 0 aromatic carbocycles. The quantitative estimate of drug-likeness (QED) is 0.885. The molecule has 2 saturated heterocycles. The number of hydrogen-bond acceptors (Lipinski definition) is 5. The molecule has 1 N–H and O–H groups in total. The van der Waals surface area contributed by atoms with E-state index >= 15 is 0 Å². The highest BCUT2D eigenvalue weighted by atomic mass is 32.2. The molecule has 6 heteroatoms. The van der Waals surface area contributed by atoms with Gasteiger partial charge in [0, 0.05) is 11.3 Å². The van der Waals surface area contributed by atoms with Gasteiger partial charge in [-0.15, -0.1) is 11.3 Å². The highest BCUT2D eigenvalue weighted by molar-refractivity contribution is 7.91. The molecule has 3 rings (SSSR count). The zero-order chi connectivity index (χ0) is 11.9. The maximum absolute atomic E-state index is 11.4. The second kappa shape index (κ2) is 4.33. The van der Waals surface area contributed by atoms with E-state index in [4.69, 9.17) is 0 Å². The number of rotatable bonds is 2. The molecule has 0 aliphatic carbocycles. The molecule has 0 spiro atoms. The topological polar surface area (TPSA) is 59.1 Å². The molecule has 3 heterocycles. The van der Waals surface area contributed by atoms with Crippen LogP contribution in [0.15, 0.2) is 5.38 Å². The average molecular weight is 272 g/mol. The lowest BCUT2D eigenvalue weighted by Crippen LogP contribution is -2.13.